The molecule has 0 saturated carbocycles. The van der Waals surface area contributed by atoms with E-state index in [0.717, 1.165) is 19.4 Å². The largest absolute Gasteiger partial charge is 0.369 e. The number of nitrogens with two attached hydrogens (primary N) is 1. The number of likely N-dealkylation sites (tertiary alicyclic amines) is 1. The molecule has 1 aliphatic heterocycles. The van der Waals surface area contributed by atoms with Crippen molar-refractivity contribution < 1.29 is 18.8 Å². The van der Waals surface area contributed by atoms with Crippen LogP contribution in [-0.4, -0.2) is 55.3 Å². The van der Waals surface area contributed by atoms with Gasteiger partial charge in [0.15, 0.2) is 0 Å². The fourth-order valence-electron chi connectivity index (χ4n) is 2.84. The molecule has 1 atom stereocenters. The van der Waals surface area contributed by atoms with Crippen molar-refractivity contribution in [3.05, 3.63) is 35.6 Å². The van der Waals surface area contributed by atoms with Gasteiger partial charge in [0.25, 0.3) is 5.91 Å². The molecule has 0 radical (unpaired) electrons. The van der Waals surface area contributed by atoms with Crippen molar-refractivity contribution in [3.63, 3.8) is 0 Å². The third-order valence-corrected chi connectivity index (χ3v) is 4.07. The highest BCUT2D eigenvalue weighted by molar-refractivity contribution is 5.94. The Kier molecular flexibility index (Phi) is 6.88. The Balaban J connectivity index is 1.68. The lowest BCUT2D eigenvalue weighted by molar-refractivity contribution is -0.128. The minimum atomic E-state index is -0.401. The molecule has 1 fully saturated rings. The van der Waals surface area contributed by atoms with Crippen LogP contribution >= 0.6 is 0 Å². The molecule has 1 heterocycles. The summed E-state index contributed by atoms with van der Waals surface area (Å²) in [4.78, 5) is 36.9. The van der Waals surface area contributed by atoms with Gasteiger partial charge in [0.05, 0.1) is 12.5 Å². The maximum Gasteiger partial charge on any atom is 0.251 e. The molecule has 0 aromatic heterocycles. The molecule has 0 aliphatic carbocycles. The van der Waals surface area contributed by atoms with E-state index in [-0.39, 0.29) is 30.8 Å². The number of piperidine rings is 1. The highest BCUT2D eigenvalue weighted by Crippen LogP contribution is 2.16. The van der Waals surface area contributed by atoms with Crippen molar-refractivity contribution in [1.29, 1.82) is 0 Å². The maximum atomic E-state index is 12.8. The van der Waals surface area contributed by atoms with E-state index >= 15 is 0 Å². The normalized spacial score (nSPS) is 17.7. The van der Waals surface area contributed by atoms with E-state index in [1.807, 2.05) is 4.90 Å². The van der Waals surface area contributed by atoms with Gasteiger partial charge in [-0.05, 0) is 43.7 Å². The lowest BCUT2D eigenvalue weighted by Gasteiger charge is -2.30. The Bertz CT molecular complexity index is 621. The van der Waals surface area contributed by atoms with Gasteiger partial charge in [0.2, 0.25) is 11.8 Å². The smallest absolute Gasteiger partial charge is 0.251 e. The predicted molar refractivity (Wildman–Crippen MR) is 90.1 cm³/mol. The zero-order chi connectivity index (χ0) is 18.2. The average molecular weight is 350 g/mol. The summed E-state index contributed by atoms with van der Waals surface area (Å²) in [6.07, 6.45) is 1.61. The lowest BCUT2D eigenvalue weighted by Crippen LogP contribution is -2.46. The summed E-state index contributed by atoms with van der Waals surface area (Å²) in [6.45, 7) is 2.02. The highest BCUT2D eigenvalue weighted by atomic mass is 19.1. The number of rotatable bonds is 7. The van der Waals surface area contributed by atoms with Gasteiger partial charge in [0.1, 0.15) is 5.82 Å². The van der Waals surface area contributed by atoms with Crippen LogP contribution < -0.4 is 16.4 Å². The second-order valence-electron chi connectivity index (χ2n) is 6.09. The number of carbonyl (C=O) groups is 3. The van der Waals surface area contributed by atoms with Gasteiger partial charge in [0, 0.05) is 25.2 Å². The maximum absolute atomic E-state index is 12.8. The van der Waals surface area contributed by atoms with Crippen molar-refractivity contribution >= 4 is 17.7 Å². The van der Waals surface area contributed by atoms with Gasteiger partial charge >= 0.3 is 0 Å². The summed E-state index contributed by atoms with van der Waals surface area (Å²) < 4.78 is 12.8. The van der Waals surface area contributed by atoms with E-state index in [9.17, 15) is 18.8 Å². The summed E-state index contributed by atoms with van der Waals surface area (Å²) in [5.41, 5.74) is 5.55. The number of halogens is 1. The van der Waals surface area contributed by atoms with Crippen LogP contribution in [0.15, 0.2) is 24.3 Å². The summed E-state index contributed by atoms with van der Waals surface area (Å²) >= 11 is 0. The number of carbonyl (C=O) groups excluding carboxylic acids is 3. The molecule has 1 aliphatic rings. The number of hydrogen-bond acceptors (Lipinski definition) is 4. The number of benzene rings is 1. The summed E-state index contributed by atoms with van der Waals surface area (Å²) in [7, 11) is 0. The predicted octanol–water partition coefficient (Wildman–Crippen LogP) is -0.131. The van der Waals surface area contributed by atoms with E-state index in [1.54, 1.807) is 0 Å². The van der Waals surface area contributed by atoms with Gasteiger partial charge in [-0.2, -0.15) is 0 Å². The highest BCUT2D eigenvalue weighted by Gasteiger charge is 2.26. The van der Waals surface area contributed by atoms with Crippen molar-refractivity contribution in [2.45, 2.75) is 12.8 Å². The van der Waals surface area contributed by atoms with Gasteiger partial charge in [-0.15, -0.1) is 0 Å². The number of amides is 3. The van der Waals surface area contributed by atoms with Crippen LogP contribution in [0.5, 0.6) is 0 Å². The van der Waals surface area contributed by atoms with E-state index in [1.165, 1.54) is 24.3 Å². The Hall–Kier alpha value is -2.48. The molecule has 3 amide bonds. The Morgan fingerprint density at radius 2 is 1.84 bits per heavy atom. The molecule has 1 aromatic carbocycles. The number of hydrogen-bond donors (Lipinski definition) is 3. The minimum Gasteiger partial charge on any atom is -0.369 e. The average Bonchev–Trinajstić information content (AvgIpc) is 2.58. The van der Waals surface area contributed by atoms with Crippen LogP contribution in [-0.2, 0) is 9.59 Å². The zero-order valence-electron chi connectivity index (χ0n) is 14.0. The van der Waals surface area contributed by atoms with E-state index < -0.39 is 11.7 Å². The molecule has 1 aromatic rings. The third kappa shape index (κ3) is 6.15. The second kappa shape index (κ2) is 9.12. The number of primary amides is 1. The molecule has 0 spiro atoms. The lowest BCUT2D eigenvalue weighted by atomic mass is 9.97. The molecule has 0 bridgehead atoms. The van der Waals surface area contributed by atoms with Crippen LogP contribution in [0, 0.1) is 11.7 Å². The molecule has 8 heteroatoms. The molecule has 2 rings (SSSR count). The molecule has 4 N–H and O–H groups in total. The molecular formula is C17H23FN4O3. The fourth-order valence-corrected chi connectivity index (χ4v) is 2.84. The number of nitrogens with one attached hydrogen (secondary N) is 2. The van der Waals surface area contributed by atoms with Crippen molar-refractivity contribution in [3.8, 4) is 0 Å². The summed E-state index contributed by atoms with van der Waals surface area (Å²) in [5.74, 6) is -1.39. The summed E-state index contributed by atoms with van der Waals surface area (Å²) in [5, 5.41) is 5.45. The van der Waals surface area contributed by atoms with E-state index in [0.29, 0.717) is 18.7 Å². The van der Waals surface area contributed by atoms with Gasteiger partial charge in [-0.3, -0.25) is 19.3 Å². The first-order valence-electron chi connectivity index (χ1n) is 8.28. The fraction of sp³-hybridized carbons (Fsp3) is 0.471. The van der Waals surface area contributed by atoms with Crippen molar-refractivity contribution in [2.24, 2.45) is 11.7 Å². The second-order valence-corrected chi connectivity index (χ2v) is 6.09. The molecular weight excluding hydrogens is 327 g/mol. The van der Waals surface area contributed by atoms with Crippen LogP contribution in [0.1, 0.15) is 23.2 Å². The van der Waals surface area contributed by atoms with Crippen LogP contribution in [0.3, 0.4) is 0 Å². The zero-order valence-corrected chi connectivity index (χ0v) is 14.0. The molecule has 25 heavy (non-hydrogen) atoms. The third-order valence-electron chi connectivity index (χ3n) is 4.07. The molecule has 7 nitrogen and oxygen atoms in total. The van der Waals surface area contributed by atoms with Crippen molar-refractivity contribution in [1.82, 2.24) is 15.5 Å². The standard InChI is InChI=1S/C17H23FN4O3/c18-14-5-3-12(4-6-14)16(24)20-7-8-21-17(25)13-2-1-9-22(10-13)11-15(19)23/h3-6,13H,1-2,7-11H2,(H2,19,23)(H,20,24)(H,21,25)/t13-/m1/s1. The van der Waals surface area contributed by atoms with Crippen LogP contribution in [0.4, 0.5) is 4.39 Å². The first-order chi connectivity index (χ1) is 12.0. The van der Waals surface area contributed by atoms with Gasteiger partial charge < -0.3 is 16.4 Å². The minimum absolute atomic E-state index is 0.0924. The van der Waals surface area contributed by atoms with Crippen molar-refractivity contribution in [2.75, 3.05) is 32.7 Å². The van der Waals surface area contributed by atoms with Crippen LogP contribution in [0.25, 0.3) is 0 Å². The van der Waals surface area contributed by atoms with E-state index in [4.69, 9.17) is 5.73 Å². The first kappa shape index (κ1) is 18.9. The topological polar surface area (TPSA) is 105 Å². The quantitative estimate of drug-likeness (QED) is 0.596. The van der Waals surface area contributed by atoms with Crippen LogP contribution in [0.2, 0.25) is 0 Å². The van der Waals surface area contributed by atoms with Gasteiger partial charge in [-0.25, -0.2) is 4.39 Å². The number of nitrogens with zero attached hydrogens (tertiary/aromatic N) is 1. The summed E-state index contributed by atoms with van der Waals surface area (Å²) in [6, 6.07) is 5.24. The van der Waals surface area contributed by atoms with E-state index in [2.05, 4.69) is 10.6 Å². The van der Waals surface area contributed by atoms with Gasteiger partial charge in [-0.1, -0.05) is 0 Å². The monoisotopic (exact) mass is 350 g/mol. The molecule has 0 unspecified atom stereocenters. The first-order valence-corrected chi connectivity index (χ1v) is 8.28. The Morgan fingerprint density at radius 3 is 2.52 bits per heavy atom. The Morgan fingerprint density at radius 1 is 1.16 bits per heavy atom. The Labute approximate surface area is 145 Å². The molecule has 136 valence electrons. The molecule has 1 saturated heterocycles. The SMILES string of the molecule is NC(=O)CN1CCC[C@@H](C(=O)NCCNC(=O)c2ccc(F)cc2)C1.